The van der Waals surface area contributed by atoms with E-state index >= 15 is 0 Å². The lowest BCUT2D eigenvalue weighted by Crippen LogP contribution is -2.68. The maximum absolute atomic E-state index is 14.3. The molecule has 556 valence electrons. The molecule has 0 aromatic carbocycles. The van der Waals surface area contributed by atoms with E-state index in [1.54, 1.807) is 0 Å². The third-order valence-corrected chi connectivity index (χ3v) is 18.6. The molecule has 2 rings (SSSR count). The second kappa shape index (κ2) is 54.5. The van der Waals surface area contributed by atoms with Crippen molar-refractivity contribution in [1.29, 1.82) is 0 Å². The van der Waals surface area contributed by atoms with Crippen LogP contribution < -0.4 is 10.6 Å². The van der Waals surface area contributed by atoms with Crippen molar-refractivity contribution in [1.82, 2.24) is 10.6 Å². The highest BCUT2D eigenvalue weighted by Gasteiger charge is 2.55. The van der Waals surface area contributed by atoms with Gasteiger partial charge in [-0.1, -0.05) is 259 Å². The van der Waals surface area contributed by atoms with Crippen molar-refractivity contribution in [3.8, 4) is 0 Å². The number of ether oxygens (including phenoxy) is 6. The SMILES string of the molecule is CCCCCCCCCCCCCC(=O)O[C@H](CCCCCCCCCCC)CC(=O)O[C@@H]1[C@@H](NC(C)=O)[C@H](OC[C@H]2O[C@H](C(=O)O)[C@H](NC(=O)C[C@H](O)CCCCCCCCCCC)[C@@H](OC(=O)C[C@H](O)CCCCCCCCCCC)[C@@H]2O)O[C@H](CO)[C@H]1OP(=O)(O)O. The Hall–Kier alpha value is -3.35. The number of aliphatic hydroxyl groups excluding tert-OH is 4. The number of nitrogens with one attached hydrogen (secondary N) is 2. The van der Waals surface area contributed by atoms with Gasteiger partial charge in [-0.2, -0.15) is 0 Å². The van der Waals surface area contributed by atoms with Gasteiger partial charge in [0.2, 0.25) is 11.8 Å². The van der Waals surface area contributed by atoms with Crippen LogP contribution in [0.4, 0.5) is 0 Å². The van der Waals surface area contributed by atoms with Crippen molar-refractivity contribution in [3.05, 3.63) is 0 Å². The molecular weight excluding hydrogens is 1250 g/mol. The fraction of sp³-hybridized carbons (Fsp3) is 0.915. The number of rotatable bonds is 60. The van der Waals surface area contributed by atoms with Gasteiger partial charge in [0, 0.05) is 13.3 Å². The van der Waals surface area contributed by atoms with E-state index in [1.807, 2.05) is 0 Å². The van der Waals surface area contributed by atoms with Gasteiger partial charge in [0.1, 0.15) is 42.6 Å². The Kier molecular flexibility index (Phi) is 50.3. The number of aliphatic hydroxyl groups is 4. The van der Waals surface area contributed by atoms with Crippen LogP contribution in [0.15, 0.2) is 0 Å². The molecule has 0 spiro atoms. The Morgan fingerprint density at radius 3 is 1.33 bits per heavy atom. The predicted molar refractivity (Wildman–Crippen MR) is 363 cm³/mol. The summed E-state index contributed by atoms with van der Waals surface area (Å²) in [6.07, 6.45) is 20.6. The predicted octanol–water partition coefficient (Wildman–Crippen LogP) is 12.5. The average Bonchev–Trinajstić information content (AvgIpc) is 0.788. The number of carbonyl (C=O) groups excluding carboxylic acids is 5. The molecule has 0 bridgehead atoms. The van der Waals surface area contributed by atoms with Gasteiger partial charge in [-0.05, 0) is 32.1 Å². The molecule has 95 heavy (non-hydrogen) atoms. The average molecular weight is 1380 g/mol. The number of aliphatic carboxylic acids is 1. The first-order valence-corrected chi connectivity index (χ1v) is 38.9. The highest BCUT2D eigenvalue weighted by atomic mass is 31.2. The standard InChI is InChI=1S/C71H131N2O21P/c1-6-10-14-18-22-26-27-31-35-39-43-47-60(79)89-56(46-42-38-34-30-25-21-17-13-9-4)50-62(81)93-68-64(72-53(5)75)71(91-57(51-74)66(68)94-95(85,86)87)88-52-58-65(82)67(92-61(80)49-55(77)45-41-37-33-29-24-20-16-12-8-3)63(69(90-58)70(83)84)73-59(78)48-54(76)44-40-36-32-28-23-19-15-11-7-2/h54-58,63-69,71,74,76-77,82H,6-52H2,1-5H3,(H,72,75)(H,73,78)(H,83,84)(H2,85,86,87)/t54-,55-,56-,57-,58-,63-,64-,65-,66-,67-,68-,69+,71-/m1/s1. The zero-order chi connectivity index (χ0) is 70.1. The topological polar surface area (TPSA) is 350 Å². The third-order valence-electron chi connectivity index (χ3n) is 18.1. The summed E-state index contributed by atoms with van der Waals surface area (Å²) in [6, 6.07) is -3.48. The molecule has 2 amide bonds. The summed E-state index contributed by atoms with van der Waals surface area (Å²) in [4.78, 5) is 102. The Morgan fingerprint density at radius 2 is 0.895 bits per heavy atom. The second-order valence-electron chi connectivity index (χ2n) is 26.9. The minimum Gasteiger partial charge on any atom is -0.479 e. The highest BCUT2D eigenvalue weighted by Crippen LogP contribution is 2.43. The number of phosphoric acid groups is 1. The van der Waals surface area contributed by atoms with Gasteiger partial charge in [0.15, 0.2) is 24.6 Å². The van der Waals surface area contributed by atoms with E-state index in [0.717, 1.165) is 148 Å². The monoisotopic (exact) mass is 1380 g/mol. The van der Waals surface area contributed by atoms with Gasteiger partial charge in [-0.25, -0.2) is 9.36 Å². The number of carbonyl (C=O) groups is 6. The van der Waals surface area contributed by atoms with E-state index < -0.39 is 155 Å². The summed E-state index contributed by atoms with van der Waals surface area (Å²) in [5.74, 6) is -5.86. The van der Waals surface area contributed by atoms with Crippen LogP contribution in [0.25, 0.3) is 0 Å². The van der Waals surface area contributed by atoms with E-state index in [-0.39, 0.29) is 25.7 Å². The Bertz CT molecular complexity index is 2070. The fourth-order valence-corrected chi connectivity index (χ4v) is 13.3. The molecule has 0 aromatic rings. The second-order valence-corrected chi connectivity index (χ2v) is 28.1. The smallest absolute Gasteiger partial charge is 0.470 e. The molecule has 2 fully saturated rings. The van der Waals surface area contributed by atoms with Crippen molar-refractivity contribution in [3.63, 3.8) is 0 Å². The molecule has 23 nitrogen and oxygen atoms in total. The van der Waals surface area contributed by atoms with Gasteiger partial charge in [-0.3, -0.25) is 28.5 Å². The van der Waals surface area contributed by atoms with Crippen LogP contribution in [-0.4, -0.2) is 164 Å². The van der Waals surface area contributed by atoms with Crippen molar-refractivity contribution in [2.24, 2.45) is 0 Å². The van der Waals surface area contributed by atoms with E-state index in [2.05, 4.69) is 38.3 Å². The van der Waals surface area contributed by atoms with Gasteiger partial charge in [0.25, 0.3) is 0 Å². The largest absolute Gasteiger partial charge is 0.479 e. The first kappa shape index (κ1) is 87.7. The molecular formula is C71H131N2O21P. The Morgan fingerprint density at radius 1 is 0.484 bits per heavy atom. The van der Waals surface area contributed by atoms with E-state index in [0.29, 0.717) is 25.7 Å². The molecule has 0 radical (unpaired) electrons. The number of unbranched alkanes of at least 4 members (excludes halogenated alkanes) is 34. The number of carboxylic acids is 1. The number of hydrogen-bond donors (Lipinski definition) is 9. The van der Waals surface area contributed by atoms with Crippen LogP contribution in [0.1, 0.15) is 324 Å². The van der Waals surface area contributed by atoms with Crippen LogP contribution in [0.5, 0.6) is 0 Å². The van der Waals surface area contributed by atoms with E-state index in [9.17, 15) is 68.7 Å². The summed E-state index contributed by atoms with van der Waals surface area (Å²) in [7, 11) is -5.51. The van der Waals surface area contributed by atoms with Crippen molar-refractivity contribution in [2.75, 3.05) is 13.2 Å². The van der Waals surface area contributed by atoms with Gasteiger partial charge < -0.3 is 74.4 Å². The number of amides is 2. The lowest BCUT2D eigenvalue weighted by molar-refractivity contribution is -0.285. The molecule has 2 heterocycles. The summed E-state index contributed by atoms with van der Waals surface area (Å²) in [5, 5.41) is 60.4. The molecule has 2 aliphatic heterocycles. The zero-order valence-corrected chi connectivity index (χ0v) is 59.9. The van der Waals surface area contributed by atoms with Crippen LogP contribution >= 0.6 is 7.82 Å². The normalized spacial score (nSPS) is 22.3. The molecule has 0 aromatic heterocycles. The lowest BCUT2D eigenvalue weighted by atomic mass is 9.91. The van der Waals surface area contributed by atoms with E-state index in [1.165, 1.54) is 77.0 Å². The van der Waals surface area contributed by atoms with Gasteiger partial charge in [-0.15, -0.1) is 0 Å². The molecule has 0 unspecified atom stereocenters. The van der Waals surface area contributed by atoms with Crippen LogP contribution in [0, 0.1) is 0 Å². The summed E-state index contributed by atoms with van der Waals surface area (Å²) >= 11 is 0. The number of phosphoric ester groups is 1. The van der Waals surface area contributed by atoms with Crippen molar-refractivity contribution >= 4 is 43.5 Å². The van der Waals surface area contributed by atoms with Gasteiger partial charge in [0.05, 0.1) is 44.7 Å². The van der Waals surface area contributed by atoms with E-state index in [4.69, 9.17) is 32.9 Å². The molecule has 9 N–H and O–H groups in total. The molecule has 24 heteroatoms. The molecule has 2 saturated heterocycles. The van der Waals surface area contributed by atoms with Crippen LogP contribution in [0.2, 0.25) is 0 Å². The van der Waals surface area contributed by atoms with Crippen LogP contribution in [0.3, 0.4) is 0 Å². The molecule has 13 atom stereocenters. The first-order chi connectivity index (χ1) is 45.7. The summed E-state index contributed by atoms with van der Waals surface area (Å²) < 4.78 is 53.5. The summed E-state index contributed by atoms with van der Waals surface area (Å²) in [6.45, 7) is 7.86. The number of carboxylic acid groups (broad SMARTS) is 1. The number of hydrogen-bond acceptors (Lipinski definition) is 18. The van der Waals surface area contributed by atoms with Crippen LogP contribution in [-0.2, 0) is 66.3 Å². The maximum atomic E-state index is 14.3. The van der Waals surface area contributed by atoms with Gasteiger partial charge >= 0.3 is 31.7 Å². The fourth-order valence-electron chi connectivity index (χ4n) is 12.7. The minimum atomic E-state index is -5.51. The first-order valence-electron chi connectivity index (χ1n) is 37.4. The maximum Gasteiger partial charge on any atom is 0.470 e. The molecule has 0 saturated carbocycles. The summed E-state index contributed by atoms with van der Waals surface area (Å²) in [5.41, 5.74) is 0. The quantitative estimate of drug-likeness (QED) is 0.0118. The highest BCUT2D eigenvalue weighted by molar-refractivity contribution is 7.46. The third kappa shape index (κ3) is 41.7. The molecule has 2 aliphatic rings. The number of esters is 3. The lowest BCUT2D eigenvalue weighted by Gasteiger charge is -2.46. The zero-order valence-electron chi connectivity index (χ0n) is 59.0. The Balaban J connectivity index is 2.42. The van der Waals surface area contributed by atoms with Crippen molar-refractivity contribution in [2.45, 2.75) is 403 Å². The van der Waals surface area contributed by atoms with Crippen molar-refractivity contribution < 1.29 is 102 Å². The minimum absolute atomic E-state index is 0.123. The molecule has 0 aliphatic carbocycles. The Labute approximate surface area is 569 Å².